The van der Waals surface area contributed by atoms with Gasteiger partial charge >= 0.3 is 0 Å². The number of hydrogen-bond donors (Lipinski definition) is 2. The normalized spacial score (nSPS) is 10.1. The lowest BCUT2D eigenvalue weighted by Gasteiger charge is -2.09. The molecule has 2 rings (SSSR count). The number of para-hydroxylation sites is 1. The van der Waals surface area contributed by atoms with Gasteiger partial charge in [-0.1, -0.05) is 18.2 Å². The second-order valence-corrected chi connectivity index (χ2v) is 5.08. The predicted octanol–water partition coefficient (Wildman–Crippen LogP) is 2.38. The van der Waals surface area contributed by atoms with Crippen molar-refractivity contribution in [3.8, 4) is 5.75 Å². The summed E-state index contributed by atoms with van der Waals surface area (Å²) in [6, 6.07) is 12.4. The summed E-state index contributed by atoms with van der Waals surface area (Å²) < 4.78 is 18.2. The highest BCUT2D eigenvalue weighted by Gasteiger charge is 2.10. The van der Waals surface area contributed by atoms with Crippen LogP contribution in [0.15, 0.2) is 48.5 Å². The van der Waals surface area contributed by atoms with Crippen LogP contribution in [0.4, 0.5) is 4.39 Å². The average molecular weight is 330 g/mol. The first-order valence-electron chi connectivity index (χ1n) is 7.57. The molecule has 0 bridgehead atoms. The molecule has 0 aliphatic heterocycles. The summed E-state index contributed by atoms with van der Waals surface area (Å²) >= 11 is 0. The van der Waals surface area contributed by atoms with E-state index in [0.717, 1.165) is 0 Å². The van der Waals surface area contributed by atoms with Crippen LogP contribution in [0.25, 0.3) is 0 Å². The molecule has 0 unspecified atom stereocenters. The van der Waals surface area contributed by atoms with E-state index in [1.165, 1.54) is 25.3 Å². The SMILES string of the molecule is COc1ccccc1C(=O)NCCCNC(=O)c1cccc(F)c1. The summed E-state index contributed by atoms with van der Waals surface area (Å²) in [6.45, 7) is 0.780. The zero-order valence-electron chi connectivity index (χ0n) is 13.3. The molecule has 0 saturated carbocycles. The zero-order chi connectivity index (χ0) is 17.4. The van der Waals surface area contributed by atoms with Gasteiger partial charge in [0.2, 0.25) is 0 Å². The fraction of sp³-hybridized carbons (Fsp3) is 0.222. The van der Waals surface area contributed by atoms with Crippen molar-refractivity contribution in [1.29, 1.82) is 0 Å². The molecule has 0 saturated heterocycles. The van der Waals surface area contributed by atoms with Gasteiger partial charge in [0, 0.05) is 18.7 Å². The average Bonchev–Trinajstić information content (AvgIpc) is 2.61. The van der Waals surface area contributed by atoms with E-state index in [4.69, 9.17) is 4.74 Å². The number of benzene rings is 2. The minimum atomic E-state index is -0.452. The Bertz CT molecular complexity index is 719. The number of nitrogens with one attached hydrogen (secondary N) is 2. The lowest BCUT2D eigenvalue weighted by molar-refractivity contribution is 0.0949. The summed E-state index contributed by atoms with van der Waals surface area (Å²) in [6.07, 6.45) is 0.557. The first kappa shape index (κ1) is 17.5. The minimum Gasteiger partial charge on any atom is -0.496 e. The Hall–Kier alpha value is -2.89. The number of methoxy groups -OCH3 is 1. The molecule has 6 heteroatoms. The third-order valence-corrected chi connectivity index (χ3v) is 3.36. The van der Waals surface area contributed by atoms with E-state index in [1.807, 2.05) is 0 Å². The fourth-order valence-corrected chi connectivity index (χ4v) is 2.15. The van der Waals surface area contributed by atoms with Crippen LogP contribution in [0, 0.1) is 5.82 Å². The van der Waals surface area contributed by atoms with E-state index in [2.05, 4.69) is 10.6 Å². The van der Waals surface area contributed by atoms with Gasteiger partial charge in [0.05, 0.1) is 12.7 Å². The molecule has 0 aliphatic carbocycles. The topological polar surface area (TPSA) is 67.4 Å². The van der Waals surface area contributed by atoms with E-state index in [-0.39, 0.29) is 17.4 Å². The second-order valence-electron chi connectivity index (χ2n) is 5.08. The molecule has 0 aromatic heterocycles. The lowest BCUT2D eigenvalue weighted by Crippen LogP contribution is -2.30. The van der Waals surface area contributed by atoms with Crippen molar-refractivity contribution in [2.75, 3.05) is 20.2 Å². The van der Waals surface area contributed by atoms with Gasteiger partial charge in [-0.3, -0.25) is 9.59 Å². The summed E-state index contributed by atoms with van der Waals surface area (Å²) in [5, 5.41) is 5.45. The van der Waals surface area contributed by atoms with Gasteiger partial charge < -0.3 is 15.4 Å². The van der Waals surface area contributed by atoms with Crippen LogP contribution in [0.3, 0.4) is 0 Å². The summed E-state index contributed by atoms with van der Waals surface area (Å²) in [5.74, 6) is -0.518. The molecule has 24 heavy (non-hydrogen) atoms. The van der Waals surface area contributed by atoms with Gasteiger partial charge in [-0.05, 0) is 36.8 Å². The van der Waals surface area contributed by atoms with E-state index in [9.17, 15) is 14.0 Å². The summed E-state index contributed by atoms with van der Waals surface area (Å²) in [4.78, 5) is 23.9. The Morgan fingerprint density at radius 1 is 1.00 bits per heavy atom. The molecule has 2 aromatic rings. The van der Waals surface area contributed by atoms with Crippen molar-refractivity contribution in [3.05, 3.63) is 65.5 Å². The van der Waals surface area contributed by atoms with Crippen LogP contribution in [0.1, 0.15) is 27.1 Å². The van der Waals surface area contributed by atoms with Crippen molar-refractivity contribution >= 4 is 11.8 Å². The Morgan fingerprint density at radius 2 is 1.71 bits per heavy atom. The molecule has 0 spiro atoms. The zero-order valence-corrected chi connectivity index (χ0v) is 13.3. The third-order valence-electron chi connectivity index (χ3n) is 3.36. The minimum absolute atomic E-state index is 0.232. The quantitative estimate of drug-likeness (QED) is 0.766. The number of rotatable bonds is 7. The van der Waals surface area contributed by atoms with E-state index >= 15 is 0 Å². The molecule has 2 aromatic carbocycles. The molecule has 0 fully saturated rings. The molecule has 2 amide bonds. The number of carbonyl (C=O) groups is 2. The summed E-state index contributed by atoms with van der Waals surface area (Å²) in [5.41, 5.74) is 0.733. The number of ether oxygens (including phenoxy) is 1. The molecule has 0 atom stereocenters. The van der Waals surface area contributed by atoms with Crippen LogP contribution >= 0.6 is 0 Å². The maximum atomic E-state index is 13.0. The highest BCUT2D eigenvalue weighted by atomic mass is 19.1. The Kier molecular flexibility index (Phi) is 6.31. The molecule has 2 N–H and O–H groups in total. The molecule has 0 radical (unpaired) electrons. The van der Waals surface area contributed by atoms with Gasteiger partial charge in [0.1, 0.15) is 11.6 Å². The smallest absolute Gasteiger partial charge is 0.255 e. The summed E-state index contributed by atoms with van der Waals surface area (Å²) in [7, 11) is 1.51. The van der Waals surface area contributed by atoms with Crippen molar-refractivity contribution in [1.82, 2.24) is 10.6 Å². The van der Waals surface area contributed by atoms with Crippen molar-refractivity contribution in [2.45, 2.75) is 6.42 Å². The van der Waals surface area contributed by atoms with E-state index < -0.39 is 5.82 Å². The van der Waals surface area contributed by atoms with Gasteiger partial charge in [-0.25, -0.2) is 4.39 Å². The van der Waals surface area contributed by atoms with Crippen molar-refractivity contribution < 1.29 is 18.7 Å². The van der Waals surface area contributed by atoms with Crippen LogP contribution < -0.4 is 15.4 Å². The Labute approximate surface area is 139 Å². The molecular weight excluding hydrogens is 311 g/mol. The number of carbonyl (C=O) groups excluding carboxylic acids is 2. The maximum Gasteiger partial charge on any atom is 0.255 e. The van der Waals surface area contributed by atoms with Crippen LogP contribution in [0.2, 0.25) is 0 Å². The number of hydrogen-bond acceptors (Lipinski definition) is 3. The van der Waals surface area contributed by atoms with Crippen molar-refractivity contribution in [3.63, 3.8) is 0 Å². The Morgan fingerprint density at radius 3 is 2.42 bits per heavy atom. The van der Waals surface area contributed by atoms with Gasteiger partial charge in [0.15, 0.2) is 0 Å². The fourth-order valence-electron chi connectivity index (χ4n) is 2.15. The molecule has 0 heterocycles. The van der Waals surface area contributed by atoms with Crippen LogP contribution in [-0.2, 0) is 0 Å². The predicted molar refractivity (Wildman–Crippen MR) is 88.7 cm³/mol. The molecule has 0 aliphatic rings. The third kappa shape index (κ3) is 4.81. The van der Waals surface area contributed by atoms with Crippen LogP contribution in [-0.4, -0.2) is 32.0 Å². The highest BCUT2D eigenvalue weighted by Crippen LogP contribution is 2.16. The Balaban J connectivity index is 1.73. The first-order valence-corrected chi connectivity index (χ1v) is 7.57. The van der Waals surface area contributed by atoms with Gasteiger partial charge in [-0.15, -0.1) is 0 Å². The monoisotopic (exact) mass is 330 g/mol. The molecule has 126 valence electrons. The van der Waals surface area contributed by atoms with Crippen LogP contribution in [0.5, 0.6) is 5.75 Å². The van der Waals surface area contributed by atoms with E-state index in [1.54, 1.807) is 30.3 Å². The lowest BCUT2D eigenvalue weighted by atomic mass is 10.2. The second kappa shape index (κ2) is 8.67. The standard InChI is InChI=1S/C18H19FN2O3/c1-24-16-9-3-2-8-15(16)18(23)21-11-5-10-20-17(22)13-6-4-7-14(19)12-13/h2-4,6-9,12H,5,10-11H2,1H3,(H,20,22)(H,21,23). The largest absolute Gasteiger partial charge is 0.496 e. The molecule has 5 nitrogen and oxygen atoms in total. The van der Waals surface area contributed by atoms with E-state index in [0.29, 0.717) is 30.8 Å². The van der Waals surface area contributed by atoms with Gasteiger partial charge in [0.25, 0.3) is 11.8 Å². The maximum absolute atomic E-state index is 13.0. The first-order chi connectivity index (χ1) is 11.6. The highest BCUT2D eigenvalue weighted by molar-refractivity contribution is 5.97. The number of amides is 2. The molecular formula is C18H19FN2O3. The number of halogens is 1. The van der Waals surface area contributed by atoms with Gasteiger partial charge in [-0.2, -0.15) is 0 Å². The van der Waals surface area contributed by atoms with Crippen molar-refractivity contribution in [2.24, 2.45) is 0 Å².